The summed E-state index contributed by atoms with van der Waals surface area (Å²) in [7, 11) is 0. The van der Waals surface area contributed by atoms with Gasteiger partial charge in [-0.05, 0) is 37.5 Å². The number of hydrogen-bond acceptors (Lipinski definition) is 3. The molecule has 0 aliphatic carbocycles. The molecule has 4 heteroatoms. The second kappa shape index (κ2) is 7.25. The molecular formula is C17H23FN2O. The van der Waals surface area contributed by atoms with Gasteiger partial charge in [0.15, 0.2) is 11.6 Å². The normalized spacial score (nSPS) is 10.9. The van der Waals surface area contributed by atoms with Gasteiger partial charge >= 0.3 is 0 Å². The van der Waals surface area contributed by atoms with E-state index in [1.54, 1.807) is 6.07 Å². The van der Waals surface area contributed by atoms with Crippen LogP contribution in [0.25, 0.3) is 10.9 Å². The lowest BCUT2D eigenvalue weighted by atomic mass is 10.1. The van der Waals surface area contributed by atoms with E-state index < -0.39 is 0 Å². The van der Waals surface area contributed by atoms with Crippen molar-refractivity contribution in [2.45, 2.75) is 40.0 Å². The third-order valence-electron chi connectivity index (χ3n) is 3.31. The fourth-order valence-electron chi connectivity index (χ4n) is 2.34. The number of aryl methyl sites for hydroxylation is 1. The van der Waals surface area contributed by atoms with Gasteiger partial charge in [0.2, 0.25) is 0 Å². The van der Waals surface area contributed by atoms with Crippen molar-refractivity contribution in [3.8, 4) is 5.75 Å². The molecule has 21 heavy (non-hydrogen) atoms. The van der Waals surface area contributed by atoms with Gasteiger partial charge < -0.3 is 10.1 Å². The molecule has 0 aliphatic rings. The maximum Gasteiger partial charge on any atom is 0.167 e. The first kappa shape index (κ1) is 15.5. The highest BCUT2D eigenvalue weighted by Crippen LogP contribution is 2.28. The Kier molecular flexibility index (Phi) is 5.37. The summed E-state index contributed by atoms with van der Waals surface area (Å²) in [5, 5.41) is 4.26. The van der Waals surface area contributed by atoms with Crippen LogP contribution in [0, 0.1) is 5.82 Å². The van der Waals surface area contributed by atoms with Gasteiger partial charge in [-0.1, -0.05) is 20.3 Å². The van der Waals surface area contributed by atoms with Gasteiger partial charge in [-0.25, -0.2) is 9.37 Å². The number of fused-ring (bicyclic) bond motifs is 1. The largest absolute Gasteiger partial charge is 0.491 e. The summed E-state index contributed by atoms with van der Waals surface area (Å²) in [5.74, 6) is 0.805. The Labute approximate surface area is 125 Å². The van der Waals surface area contributed by atoms with Gasteiger partial charge in [0.05, 0.1) is 12.1 Å². The van der Waals surface area contributed by atoms with Crippen LogP contribution in [-0.2, 0) is 6.42 Å². The molecule has 0 aliphatic heterocycles. The van der Waals surface area contributed by atoms with E-state index in [1.807, 2.05) is 6.92 Å². The summed E-state index contributed by atoms with van der Waals surface area (Å²) in [6.45, 7) is 7.43. The summed E-state index contributed by atoms with van der Waals surface area (Å²) in [6, 6.07) is 5.28. The number of nitrogens with zero attached hydrogens (tertiary/aromatic N) is 1. The number of hydrogen-bond donors (Lipinski definition) is 1. The van der Waals surface area contributed by atoms with Crippen molar-refractivity contribution in [1.82, 2.24) is 4.98 Å². The summed E-state index contributed by atoms with van der Waals surface area (Å²) in [6.07, 6.45) is 3.03. The Morgan fingerprint density at radius 1 is 1.14 bits per heavy atom. The van der Waals surface area contributed by atoms with Crippen LogP contribution in [0.15, 0.2) is 18.2 Å². The standard InChI is InChI=1S/C17H23FN2O/c1-4-7-12-9-13-10-16(21-6-3)14(18)11-15(13)20-17(12)19-8-5-2/h9-11H,4-8H2,1-3H3,(H,19,20). The van der Waals surface area contributed by atoms with Crippen molar-refractivity contribution in [2.75, 3.05) is 18.5 Å². The Hall–Kier alpha value is -1.84. The number of aromatic nitrogens is 1. The van der Waals surface area contributed by atoms with Crippen LogP contribution in [0.2, 0.25) is 0 Å². The Bertz CT molecular complexity index is 613. The number of nitrogens with one attached hydrogen (secondary N) is 1. The Morgan fingerprint density at radius 3 is 2.62 bits per heavy atom. The molecule has 0 radical (unpaired) electrons. The number of halogens is 1. The second-order valence-electron chi connectivity index (χ2n) is 5.08. The summed E-state index contributed by atoms with van der Waals surface area (Å²) < 4.78 is 19.3. The molecule has 1 N–H and O–H groups in total. The zero-order valence-corrected chi connectivity index (χ0v) is 13.0. The smallest absolute Gasteiger partial charge is 0.167 e. The highest BCUT2D eigenvalue weighted by molar-refractivity contribution is 5.83. The first-order chi connectivity index (χ1) is 10.2. The number of benzene rings is 1. The quantitative estimate of drug-likeness (QED) is 0.812. The topological polar surface area (TPSA) is 34.2 Å². The molecule has 3 nitrogen and oxygen atoms in total. The van der Waals surface area contributed by atoms with Crippen molar-refractivity contribution in [3.05, 3.63) is 29.6 Å². The maximum atomic E-state index is 14.0. The van der Waals surface area contributed by atoms with Crippen molar-refractivity contribution in [2.24, 2.45) is 0 Å². The second-order valence-corrected chi connectivity index (χ2v) is 5.08. The predicted molar refractivity (Wildman–Crippen MR) is 85.6 cm³/mol. The lowest BCUT2D eigenvalue weighted by molar-refractivity contribution is 0.322. The molecule has 114 valence electrons. The summed E-state index contributed by atoms with van der Waals surface area (Å²) in [5.41, 5.74) is 1.84. The number of ether oxygens (including phenoxy) is 1. The van der Waals surface area contributed by atoms with E-state index in [2.05, 4.69) is 30.2 Å². The van der Waals surface area contributed by atoms with Gasteiger partial charge in [0, 0.05) is 18.0 Å². The Balaban J connectivity index is 2.49. The van der Waals surface area contributed by atoms with E-state index in [0.717, 1.165) is 37.0 Å². The molecule has 1 aromatic carbocycles. The minimum absolute atomic E-state index is 0.295. The fraction of sp³-hybridized carbons (Fsp3) is 0.471. The fourth-order valence-corrected chi connectivity index (χ4v) is 2.34. The molecule has 1 aromatic heterocycles. The van der Waals surface area contributed by atoms with Gasteiger partial charge in [-0.15, -0.1) is 0 Å². The van der Waals surface area contributed by atoms with Crippen LogP contribution in [0.1, 0.15) is 39.2 Å². The van der Waals surface area contributed by atoms with E-state index in [9.17, 15) is 4.39 Å². The van der Waals surface area contributed by atoms with Crippen LogP contribution in [0.4, 0.5) is 10.2 Å². The molecule has 2 aromatic rings. The molecule has 0 saturated heterocycles. The molecular weight excluding hydrogens is 267 g/mol. The minimum atomic E-state index is -0.360. The van der Waals surface area contributed by atoms with Gasteiger partial charge in [0.25, 0.3) is 0 Å². The van der Waals surface area contributed by atoms with E-state index >= 15 is 0 Å². The van der Waals surface area contributed by atoms with E-state index in [0.29, 0.717) is 17.9 Å². The maximum absolute atomic E-state index is 14.0. The highest BCUT2D eigenvalue weighted by atomic mass is 19.1. The van der Waals surface area contributed by atoms with Crippen LogP contribution >= 0.6 is 0 Å². The highest BCUT2D eigenvalue weighted by Gasteiger charge is 2.10. The number of anilines is 1. The molecule has 0 spiro atoms. The molecule has 0 saturated carbocycles. The lowest BCUT2D eigenvalue weighted by Crippen LogP contribution is -2.06. The van der Waals surface area contributed by atoms with Crippen molar-refractivity contribution < 1.29 is 9.13 Å². The Morgan fingerprint density at radius 2 is 1.95 bits per heavy atom. The van der Waals surface area contributed by atoms with Crippen molar-refractivity contribution in [1.29, 1.82) is 0 Å². The monoisotopic (exact) mass is 290 g/mol. The molecule has 0 atom stereocenters. The third-order valence-corrected chi connectivity index (χ3v) is 3.31. The minimum Gasteiger partial charge on any atom is -0.491 e. The molecule has 0 fully saturated rings. The van der Waals surface area contributed by atoms with Crippen LogP contribution in [0.5, 0.6) is 5.75 Å². The van der Waals surface area contributed by atoms with Gasteiger partial charge in [0.1, 0.15) is 5.82 Å². The SMILES string of the molecule is CCCNc1nc2cc(F)c(OCC)cc2cc1CCC. The van der Waals surface area contributed by atoms with Crippen LogP contribution < -0.4 is 10.1 Å². The average Bonchev–Trinajstić information content (AvgIpc) is 2.47. The van der Waals surface area contributed by atoms with Crippen LogP contribution in [0.3, 0.4) is 0 Å². The predicted octanol–water partition coefficient (Wildman–Crippen LogP) is 4.55. The zero-order chi connectivity index (χ0) is 15.2. The molecule has 0 amide bonds. The molecule has 2 rings (SSSR count). The van der Waals surface area contributed by atoms with Crippen LogP contribution in [-0.4, -0.2) is 18.1 Å². The van der Waals surface area contributed by atoms with E-state index in [-0.39, 0.29) is 5.82 Å². The lowest BCUT2D eigenvalue weighted by Gasteiger charge is -2.13. The average molecular weight is 290 g/mol. The first-order valence-electron chi connectivity index (χ1n) is 7.69. The first-order valence-corrected chi connectivity index (χ1v) is 7.69. The molecule has 0 unspecified atom stereocenters. The zero-order valence-electron chi connectivity index (χ0n) is 13.0. The molecule has 1 heterocycles. The number of pyridine rings is 1. The van der Waals surface area contributed by atoms with Crippen molar-refractivity contribution in [3.63, 3.8) is 0 Å². The van der Waals surface area contributed by atoms with E-state index in [4.69, 9.17) is 4.74 Å². The van der Waals surface area contributed by atoms with Gasteiger partial charge in [-0.2, -0.15) is 0 Å². The third kappa shape index (κ3) is 3.63. The molecule has 0 bridgehead atoms. The van der Waals surface area contributed by atoms with Crippen molar-refractivity contribution >= 4 is 16.7 Å². The van der Waals surface area contributed by atoms with Gasteiger partial charge in [-0.3, -0.25) is 0 Å². The van der Waals surface area contributed by atoms with E-state index in [1.165, 1.54) is 11.6 Å². The summed E-state index contributed by atoms with van der Waals surface area (Å²) in [4.78, 5) is 4.59. The number of rotatable bonds is 7. The summed E-state index contributed by atoms with van der Waals surface area (Å²) >= 11 is 0.